The van der Waals surface area contributed by atoms with E-state index in [1.54, 1.807) is 18.3 Å². The number of ether oxygens (including phenoxy) is 1. The first-order chi connectivity index (χ1) is 9.69. The number of rotatable bonds is 5. The van der Waals surface area contributed by atoms with Crippen molar-refractivity contribution in [3.8, 4) is 5.75 Å². The largest absolute Gasteiger partial charge is 0.487 e. The van der Waals surface area contributed by atoms with Gasteiger partial charge < -0.3 is 15.2 Å². The van der Waals surface area contributed by atoms with E-state index in [4.69, 9.17) is 9.84 Å². The predicted molar refractivity (Wildman–Crippen MR) is 75.2 cm³/mol. The molecule has 0 radical (unpaired) electrons. The topological polar surface area (TPSA) is 71.5 Å². The van der Waals surface area contributed by atoms with Crippen LogP contribution < -0.4 is 10.1 Å². The summed E-state index contributed by atoms with van der Waals surface area (Å²) in [4.78, 5) is 15.0. The van der Waals surface area contributed by atoms with E-state index in [9.17, 15) is 4.79 Å². The van der Waals surface area contributed by atoms with Gasteiger partial charge in [0.15, 0.2) is 0 Å². The summed E-state index contributed by atoms with van der Waals surface area (Å²) in [7, 11) is 0. The van der Waals surface area contributed by atoms with Crippen LogP contribution in [0.3, 0.4) is 0 Å². The molecule has 0 spiro atoms. The summed E-state index contributed by atoms with van der Waals surface area (Å²) in [5, 5.41) is 11.9. The van der Waals surface area contributed by atoms with Gasteiger partial charge in [-0.1, -0.05) is 12.1 Å². The smallest absolute Gasteiger partial charge is 0.221 e. The van der Waals surface area contributed by atoms with Gasteiger partial charge in [-0.15, -0.1) is 0 Å². The zero-order valence-corrected chi connectivity index (χ0v) is 11.2. The van der Waals surface area contributed by atoms with Gasteiger partial charge in [0.25, 0.3) is 0 Å². The highest BCUT2D eigenvalue weighted by atomic mass is 16.5. The predicted octanol–water partition coefficient (Wildman–Crippen LogP) is 2.11. The van der Waals surface area contributed by atoms with E-state index in [1.807, 2.05) is 24.3 Å². The van der Waals surface area contributed by atoms with Gasteiger partial charge in [-0.3, -0.25) is 9.78 Å². The zero-order chi connectivity index (χ0) is 14.4. The summed E-state index contributed by atoms with van der Waals surface area (Å²) in [5.74, 6) is 0.442. The maximum Gasteiger partial charge on any atom is 0.221 e. The van der Waals surface area contributed by atoms with Crippen LogP contribution >= 0.6 is 0 Å². The Morgan fingerprint density at radius 2 is 2.20 bits per heavy atom. The van der Waals surface area contributed by atoms with E-state index in [0.717, 1.165) is 11.3 Å². The Balaban J connectivity index is 2.05. The molecule has 0 saturated heterocycles. The summed E-state index contributed by atoms with van der Waals surface area (Å²) in [6.45, 7) is 1.64. The maximum absolute atomic E-state index is 11.0. The van der Waals surface area contributed by atoms with Crippen molar-refractivity contribution in [1.29, 1.82) is 0 Å². The molecular formula is C15H16N2O3. The number of carbonyl (C=O) groups is 1. The van der Waals surface area contributed by atoms with Crippen LogP contribution in [0.15, 0.2) is 42.6 Å². The Bertz CT molecular complexity index is 599. The lowest BCUT2D eigenvalue weighted by Crippen LogP contribution is -2.06. The third-order valence-electron chi connectivity index (χ3n) is 2.64. The van der Waals surface area contributed by atoms with Gasteiger partial charge in [-0.2, -0.15) is 0 Å². The Morgan fingerprint density at radius 3 is 2.95 bits per heavy atom. The van der Waals surface area contributed by atoms with Gasteiger partial charge in [0.1, 0.15) is 18.1 Å². The third kappa shape index (κ3) is 3.80. The number of aromatic nitrogens is 1. The van der Waals surface area contributed by atoms with Crippen LogP contribution in [0.2, 0.25) is 0 Å². The minimum absolute atomic E-state index is 0.113. The fraction of sp³-hybridized carbons (Fsp3) is 0.200. The lowest BCUT2D eigenvalue weighted by molar-refractivity contribution is -0.114. The first kappa shape index (κ1) is 14.0. The minimum Gasteiger partial charge on any atom is -0.487 e. The number of benzene rings is 1. The zero-order valence-electron chi connectivity index (χ0n) is 11.2. The van der Waals surface area contributed by atoms with Crippen molar-refractivity contribution in [3.05, 3.63) is 53.9 Å². The minimum atomic E-state index is -0.165. The summed E-state index contributed by atoms with van der Waals surface area (Å²) in [5.41, 5.74) is 2.15. The van der Waals surface area contributed by atoms with Crippen molar-refractivity contribution in [3.63, 3.8) is 0 Å². The Labute approximate surface area is 117 Å². The van der Waals surface area contributed by atoms with Crippen molar-refractivity contribution in [2.24, 2.45) is 0 Å². The fourth-order valence-electron chi connectivity index (χ4n) is 1.78. The highest BCUT2D eigenvalue weighted by molar-refractivity contribution is 5.88. The number of pyridine rings is 1. The van der Waals surface area contributed by atoms with E-state index in [2.05, 4.69) is 10.3 Å². The molecule has 1 amide bonds. The molecule has 2 aromatic rings. The fourth-order valence-corrected chi connectivity index (χ4v) is 1.78. The van der Waals surface area contributed by atoms with E-state index >= 15 is 0 Å². The number of anilines is 1. The number of nitrogens with one attached hydrogen (secondary N) is 1. The first-order valence-corrected chi connectivity index (χ1v) is 6.23. The number of nitrogens with zero attached hydrogens (tertiary/aromatic N) is 1. The van der Waals surface area contributed by atoms with Crippen molar-refractivity contribution in [2.75, 3.05) is 5.32 Å². The van der Waals surface area contributed by atoms with Gasteiger partial charge in [-0.05, 0) is 29.8 Å². The van der Waals surface area contributed by atoms with Gasteiger partial charge in [0, 0.05) is 18.8 Å². The average Bonchev–Trinajstić information content (AvgIpc) is 2.45. The molecule has 0 aliphatic rings. The molecule has 0 aliphatic carbocycles. The highest BCUT2D eigenvalue weighted by Crippen LogP contribution is 2.18. The van der Waals surface area contributed by atoms with Gasteiger partial charge in [-0.25, -0.2) is 0 Å². The molecule has 0 saturated carbocycles. The standard InChI is InChI=1S/C15H16N2O3/c1-11(19)17-13-5-2-4-12(8-13)10-20-15-6-3-7-16-14(15)9-18/h2-8,18H,9-10H2,1H3,(H,17,19). The normalized spacial score (nSPS) is 10.1. The monoisotopic (exact) mass is 272 g/mol. The number of aliphatic hydroxyl groups excluding tert-OH is 1. The van der Waals surface area contributed by atoms with Crippen molar-refractivity contribution < 1.29 is 14.6 Å². The summed E-state index contributed by atoms with van der Waals surface area (Å²) in [6.07, 6.45) is 1.61. The van der Waals surface area contributed by atoms with Crippen LogP contribution in [-0.2, 0) is 18.0 Å². The quantitative estimate of drug-likeness (QED) is 0.874. The molecule has 0 aliphatic heterocycles. The second-order valence-corrected chi connectivity index (χ2v) is 4.28. The van der Waals surface area contributed by atoms with Crippen LogP contribution in [0.4, 0.5) is 5.69 Å². The molecule has 1 heterocycles. The van der Waals surface area contributed by atoms with Crippen LogP contribution in [0.1, 0.15) is 18.2 Å². The second kappa shape index (κ2) is 6.68. The second-order valence-electron chi connectivity index (χ2n) is 4.28. The molecule has 0 bridgehead atoms. The van der Waals surface area contributed by atoms with Crippen LogP contribution in [0, 0.1) is 0 Å². The molecule has 20 heavy (non-hydrogen) atoms. The lowest BCUT2D eigenvalue weighted by Gasteiger charge is -2.10. The molecule has 104 valence electrons. The van der Waals surface area contributed by atoms with Crippen LogP contribution in [0.25, 0.3) is 0 Å². The van der Waals surface area contributed by atoms with Crippen molar-refractivity contribution in [1.82, 2.24) is 4.98 Å². The molecule has 0 atom stereocenters. The number of hydrogen-bond acceptors (Lipinski definition) is 4. The summed E-state index contributed by atoms with van der Waals surface area (Å²) >= 11 is 0. The molecule has 2 N–H and O–H groups in total. The molecule has 0 fully saturated rings. The maximum atomic E-state index is 11.0. The van der Waals surface area contributed by atoms with Crippen molar-refractivity contribution >= 4 is 11.6 Å². The van der Waals surface area contributed by atoms with Gasteiger partial charge in [0.2, 0.25) is 5.91 Å². The molecule has 0 unspecified atom stereocenters. The summed E-state index contributed by atoms with van der Waals surface area (Å²) < 4.78 is 5.64. The number of aliphatic hydroxyl groups is 1. The number of carbonyl (C=O) groups excluding carboxylic acids is 1. The molecule has 2 rings (SSSR count). The van der Waals surface area contributed by atoms with E-state index in [1.165, 1.54) is 6.92 Å². The Morgan fingerprint density at radius 1 is 1.35 bits per heavy atom. The van der Waals surface area contributed by atoms with Crippen LogP contribution in [-0.4, -0.2) is 16.0 Å². The average molecular weight is 272 g/mol. The van der Waals surface area contributed by atoms with E-state index in [0.29, 0.717) is 18.1 Å². The summed E-state index contributed by atoms with van der Waals surface area (Å²) in [6, 6.07) is 10.9. The van der Waals surface area contributed by atoms with Gasteiger partial charge >= 0.3 is 0 Å². The molecule has 1 aromatic carbocycles. The molecular weight excluding hydrogens is 256 g/mol. The molecule has 1 aromatic heterocycles. The Hall–Kier alpha value is -2.40. The van der Waals surface area contributed by atoms with E-state index < -0.39 is 0 Å². The molecule has 5 nitrogen and oxygen atoms in total. The van der Waals surface area contributed by atoms with Gasteiger partial charge in [0.05, 0.1) is 6.61 Å². The number of hydrogen-bond donors (Lipinski definition) is 2. The molecule has 5 heteroatoms. The van der Waals surface area contributed by atoms with Crippen molar-refractivity contribution in [2.45, 2.75) is 20.1 Å². The SMILES string of the molecule is CC(=O)Nc1cccc(COc2cccnc2CO)c1. The highest BCUT2D eigenvalue weighted by Gasteiger charge is 2.04. The van der Waals surface area contributed by atoms with E-state index in [-0.39, 0.29) is 12.5 Å². The number of amides is 1. The van der Waals surface area contributed by atoms with Crippen LogP contribution in [0.5, 0.6) is 5.75 Å². The Kier molecular flexibility index (Phi) is 4.68. The lowest BCUT2D eigenvalue weighted by atomic mass is 10.2. The third-order valence-corrected chi connectivity index (χ3v) is 2.64. The first-order valence-electron chi connectivity index (χ1n) is 6.23.